The standard InChI is InChI=1S/C28H31F3N6O3/c1-27(2,3)26-35-23(36-40-26)25(39)33-21-9-11-37(15-28(29,30)31)14-19-12-17(6-7-20(19)21)18-8-10-32-22(13-18)34-24(38)16-4-5-16/h6-8,10,12-13,16,21H,4-5,9,11,14-15H2,1-3H3,(H,33,39)(H,32,34,38)/t21-/m0/s1. The van der Waals surface area contributed by atoms with Gasteiger partial charge in [0.1, 0.15) is 5.82 Å². The van der Waals surface area contributed by atoms with Gasteiger partial charge in [-0.15, -0.1) is 0 Å². The molecule has 0 radical (unpaired) electrons. The average Bonchev–Trinajstić information content (AvgIpc) is 3.63. The summed E-state index contributed by atoms with van der Waals surface area (Å²) in [7, 11) is 0. The van der Waals surface area contributed by atoms with Gasteiger partial charge in [0.25, 0.3) is 11.7 Å². The van der Waals surface area contributed by atoms with Crippen LogP contribution in [0.4, 0.5) is 19.0 Å². The minimum atomic E-state index is -4.37. The van der Waals surface area contributed by atoms with Gasteiger partial charge in [-0.05, 0) is 59.7 Å². The van der Waals surface area contributed by atoms with Gasteiger partial charge in [0.2, 0.25) is 11.8 Å². The van der Waals surface area contributed by atoms with E-state index in [0.717, 1.165) is 29.5 Å². The van der Waals surface area contributed by atoms with Crippen molar-refractivity contribution in [3.8, 4) is 11.1 Å². The number of fused-ring (bicyclic) bond motifs is 1. The molecule has 3 heterocycles. The number of hydrogen-bond donors (Lipinski definition) is 2. The Hall–Kier alpha value is -3.80. The number of halogens is 3. The Morgan fingerprint density at radius 2 is 1.82 bits per heavy atom. The molecule has 0 spiro atoms. The van der Waals surface area contributed by atoms with E-state index in [-0.39, 0.29) is 37.2 Å². The van der Waals surface area contributed by atoms with E-state index in [1.807, 2.05) is 39.0 Å². The summed E-state index contributed by atoms with van der Waals surface area (Å²) in [6.07, 6.45) is -0.779. The summed E-state index contributed by atoms with van der Waals surface area (Å²) in [6.45, 7) is 4.75. The fraction of sp³-hybridized carbons (Fsp3) is 0.464. The van der Waals surface area contributed by atoms with Crippen LogP contribution in [0.5, 0.6) is 0 Å². The monoisotopic (exact) mass is 556 g/mol. The Bertz CT molecular complexity index is 1410. The maximum Gasteiger partial charge on any atom is 0.401 e. The van der Waals surface area contributed by atoms with Crippen LogP contribution in [0.15, 0.2) is 41.1 Å². The smallest absolute Gasteiger partial charge is 0.342 e. The minimum Gasteiger partial charge on any atom is -0.342 e. The van der Waals surface area contributed by atoms with E-state index >= 15 is 0 Å². The molecule has 1 atom stereocenters. The van der Waals surface area contributed by atoms with Crippen LogP contribution in [0.25, 0.3) is 11.1 Å². The quantitative estimate of drug-likeness (QED) is 0.439. The third-order valence-corrected chi connectivity index (χ3v) is 6.92. The number of aromatic nitrogens is 3. The van der Waals surface area contributed by atoms with Crippen LogP contribution in [-0.4, -0.2) is 51.1 Å². The SMILES string of the molecule is CC(C)(C)c1nc(C(=O)N[C@H]2CCN(CC(F)(F)F)Cc3cc(-c4ccnc(NC(=O)C5CC5)c4)ccc32)no1. The van der Waals surface area contributed by atoms with Gasteiger partial charge in [-0.2, -0.15) is 18.2 Å². The summed E-state index contributed by atoms with van der Waals surface area (Å²) in [5.74, 6) is 0.0000328. The van der Waals surface area contributed by atoms with Crippen LogP contribution in [-0.2, 0) is 16.8 Å². The number of anilines is 1. The first-order valence-electron chi connectivity index (χ1n) is 13.2. The van der Waals surface area contributed by atoms with Crippen LogP contribution >= 0.6 is 0 Å². The molecule has 2 aliphatic rings. The summed E-state index contributed by atoms with van der Waals surface area (Å²) in [6, 6.07) is 8.47. The summed E-state index contributed by atoms with van der Waals surface area (Å²) in [5.41, 5.74) is 2.46. The van der Waals surface area contributed by atoms with Crippen LogP contribution in [0.1, 0.15) is 73.7 Å². The van der Waals surface area contributed by atoms with Gasteiger partial charge in [-0.3, -0.25) is 14.5 Å². The van der Waals surface area contributed by atoms with Crippen LogP contribution < -0.4 is 10.6 Å². The average molecular weight is 557 g/mol. The number of carbonyl (C=O) groups excluding carboxylic acids is 2. The highest BCUT2D eigenvalue weighted by molar-refractivity contribution is 5.93. The molecule has 212 valence electrons. The van der Waals surface area contributed by atoms with E-state index in [1.54, 1.807) is 18.3 Å². The second-order valence-corrected chi connectivity index (χ2v) is 11.4. The lowest BCUT2D eigenvalue weighted by Crippen LogP contribution is -2.35. The van der Waals surface area contributed by atoms with E-state index in [4.69, 9.17) is 4.52 Å². The number of alkyl halides is 3. The molecule has 3 aromatic rings. The highest BCUT2D eigenvalue weighted by Crippen LogP contribution is 2.34. The maximum atomic E-state index is 13.4. The van der Waals surface area contributed by atoms with Crippen LogP contribution in [0.2, 0.25) is 0 Å². The first kappa shape index (κ1) is 27.8. The molecule has 12 heteroatoms. The molecule has 1 fully saturated rings. The number of hydrogen-bond acceptors (Lipinski definition) is 7. The highest BCUT2D eigenvalue weighted by atomic mass is 19.4. The fourth-order valence-electron chi connectivity index (χ4n) is 4.68. The van der Waals surface area contributed by atoms with Crippen molar-refractivity contribution >= 4 is 17.6 Å². The Labute approximate surface area is 229 Å². The van der Waals surface area contributed by atoms with Crippen LogP contribution in [0, 0.1) is 5.92 Å². The van der Waals surface area contributed by atoms with E-state index in [0.29, 0.717) is 17.3 Å². The normalized spacial score (nSPS) is 18.1. The van der Waals surface area contributed by atoms with Crippen molar-refractivity contribution in [3.63, 3.8) is 0 Å². The number of pyridine rings is 1. The largest absolute Gasteiger partial charge is 0.401 e. The van der Waals surface area contributed by atoms with Gasteiger partial charge < -0.3 is 15.2 Å². The highest BCUT2D eigenvalue weighted by Gasteiger charge is 2.34. The van der Waals surface area contributed by atoms with Crippen molar-refractivity contribution in [3.05, 3.63) is 59.4 Å². The van der Waals surface area contributed by atoms with Gasteiger partial charge >= 0.3 is 6.18 Å². The van der Waals surface area contributed by atoms with Gasteiger partial charge in [-0.1, -0.05) is 38.1 Å². The molecule has 1 saturated carbocycles. The second kappa shape index (κ2) is 10.6. The molecule has 1 aliphatic heterocycles. The lowest BCUT2D eigenvalue weighted by molar-refractivity contribution is -0.147. The first-order chi connectivity index (χ1) is 18.9. The Morgan fingerprint density at radius 3 is 2.50 bits per heavy atom. The van der Waals surface area contributed by atoms with Gasteiger partial charge in [-0.25, -0.2) is 4.98 Å². The van der Waals surface area contributed by atoms with Crippen molar-refractivity contribution in [1.29, 1.82) is 0 Å². The molecule has 0 unspecified atom stereocenters. The van der Waals surface area contributed by atoms with Crippen molar-refractivity contribution in [2.45, 2.75) is 64.2 Å². The lowest BCUT2D eigenvalue weighted by atomic mass is 9.94. The Morgan fingerprint density at radius 1 is 1.07 bits per heavy atom. The van der Waals surface area contributed by atoms with E-state index in [9.17, 15) is 22.8 Å². The number of rotatable bonds is 6. The zero-order valence-electron chi connectivity index (χ0n) is 22.5. The van der Waals surface area contributed by atoms with E-state index in [2.05, 4.69) is 25.8 Å². The van der Waals surface area contributed by atoms with Crippen molar-refractivity contribution in [1.82, 2.24) is 25.3 Å². The molecule has 9 nitrogen and oxygen atoms in total. The second-order valence-electron chi connectivity index (χ2n) is 11.4. The van der Waals surface area contributed by atoms with Crippen molar-refractivity contribution < 1.29 is 27.3 Å². The summed E-state index contributed by atoms with van der Waals surface area (Å²) >= 11 is 0. The maximum absolute atomic E-state index is 13.4. The Kier molecular flexibility index (Phi) is 7.38. The van der Waals surface area contributed by atoms with Gasteiger partial charge in [0, 0.05) is 30.6 Å². The molecule has 1 aromatic carbocycles. The molecule has 2 aromatic heterocycles. The number of amides is 2. The summed E-state index contributed by atoms with van der Waals surface area (Å²) < 4.78 is 45.3. The zero-order chi connectivity index (χ0) is 28.7. The van der Waals surface area contributed by atoms with Crippen LogP contribution in [0.3, 0.4) is 0 Å². The van der Waals surface area contributed by atoms with Gasteiger partial charge in [0.05, 0.1) is 12.6 Å². The molecule has 1 aliphatic carbocycles. The number of benzene rings is 1. The van der Waals surface area contributed by atoms with Gasteiger partial charge in [0.15, 0.2) is 0 Å². The predicted octanol–water partition coefficient (Wildman–Crippen LogP) is 5.02. The minimum absolute atomic E-state index is 0.0252. The Balaban J connectivity index is 1.42. The number of carbonyl (C=O) groups is 2. The molecule has 40 heavy (non-hydrogen) atoms. The molecule has 5 rings (SSSR count). The topological polar surface area (TPSA) is 113 Å². The first-order valence-corrected chi connectivity index (χ1v) is 13.2. The molecule has 2 amide bonds. The number of nitrogens with zero attached hydrogens (tertiary/aromatic N) is 4. The molecular weight excluding hydrogens is 525 g/mol. The van der Waals surface area contributed by atoms with E-state index in [1.165, 1.54) is 4.90 Å². The fourth-order valence-corrected chi connectivity index (χ4v) is 4.68. The third-order valence-electron chi connectivity index (χ3n) is 6.92. The summed E-state index contributed by atoms with van der Waals surface area (Å²) in [4.78, 5) is 35.0. The molecule has 0 saturated heterocycles. The molecule has 2 N–H and O–H groups in total. The molecular formula is C28H31F3N6O3. The third kappa shape index (κ3) is 6.67. The predicted molar refractivity (Wildman–Crippen MR) is 140 cm³/mol. The van der Waals surface area contributed by atoms with Crippen molar-refractivity contribution in [2.24, 2.45) is 5.92 Å². The summed E-state index contributed by atoms with van der Waals surface area (Å²) in [5, 5.41) is 9.52. The lowest BCUT2D eigenvalue weighted by Gasteiger charge is -2.22. The molecule has 0 bridgehead atoms. The number of nitrogens with one attached hydrogen (secondary N) is 2. The van der Waals surface area contributed by atoms with Crippen molar-refractivity contribution in [2.75, 3.05) is 18.4 Å². The zero-order valence-corrected chi connectivity index (χ0v) is 22.5. The van der Waals surface area contributed by atoms with E-state index < -0.39 is 30.1 Å².